The van der Waals surface area contributed by atoms with Crippen LogP contribution in [0.4, 0.5) is 0 Å². The van der Waals surface area contributed by atoms with Gasteiger partial charge in [0.15, 0.2) is 0 Å². The van der Waals surface area contributed by atoms with Crippen LogP contribution in [-0.4, -0.2) is 51.9 Å². The third kappa shape index (κ3) is 3.06. The lowest BCUT2D eigenvalue weighted by Gasteiger charge is -2.34. The fourth-order valence-corrected chi connectivity index (χ4v) is 3.94. The molecular weight excluding hydrogens is 304 g/mol. The maximum Gasteiger partial charge on any atom is 0.274 e. The Morgan fingerprint density at radius 3 is 2.88 bits per heavy atom. The third-order valence-electron chi connectivity index (χ3n) is 5.12. The highest BCUT2D eigenvalue weighted by Crippen LogP contribution is 2.32. The van der Waals surface area contributed by atoms with E-state index in [1.54, 1.807) is 18.6 Å². The number of likely N-dealkylation sites (tertiary alicyclic amines) is 2. The van der Waals surface area contributed by atoms with Gasteiger partial charge in [-0.1, -0.05) is 0 Å². The van der Waals surface area contributed by atoms with Crippen molar-refractivity contribution >= 4 is 5.91 Å². The summed E-state index contributed by atoms with van der Waals surface area (Å²) in [6, 6.07) is 4.07. The van der Waals surface area contributed by atoms with Crippen LogP contribution < -0.4 is 0 Å². The molecular formula is C18H22N4O2. The Morgan fingerprint density at radius 1 is 1.25 bits per heavy atom. The molecule has 2 aromatic rings. The summed E-state index contributed by atoms with van der Waals surface area (Å²) in [5.74, 6) is 3.20. The Hall–Kier alpha value is -2.21. The molecule has 0 spiro atoms. The molecule has 0 aromatic carbocycles. The molecule has 2 atom stereocenters. The number of furan rings is 1. The predicted octanol–water partition coefficient (Wildman–Crippen LogP) is 1.97. The number of carbonyl (C=O) groups is 1. The molecule has 1 amide bonds. The predicted molar refractivity (Wildman–Crippen MR) is 88.3 cm³/mol. The lowest BCUT2D eigenvalue weighted by molar-refractivity contribution is 0.0635. The van der Waals surface area contributed by atoms with Crippen molar-refractivity contribution < 1.29 is 9.21 Å². The molecule has 6 nitrogen and oxygen atoms in total. The molecule has 0 unspecified atom stereocenters. The SMILES string of the molecule is Cc1ccc(CN2C[C@@H]3CCN(C(=O)c4cnccn4)C[C@@H]3C2)o1. The minimum Gasteiger partial charge on any atom is -0.465 e. The molecule has 2 aromatic heterocycles. The summed E-state index contributed by atoms with van der Waals surface area (Å²) in [5, 5.41) is 0. The van der Waals surface area contributed by atoms with Crippen LogP contribution in [0.2, 0.25) is 0 Å². The maximum absolute atomic E-state index is 12.6. The second-order valence-electron chi connectivity index (χ2n) is 6.86. The highest BCUT2D eigenvalue weighted by Gasteiger charge is 2.38. The quantitative estimate of drug-likeness (QED) is 0.863. The molecule has 2 fully saturated rings. The third-order valence-corrected chi connectivity index (χ3v) is 5.12. The number of fused-ring (bicyclic) bond motifs is 1. The van der Waals surface area contributed by atoms with Crippen molar-refractivity contribution in [3.05, 3.63) is 47.9 Å². The normalized spacial score (nSPS) is 24.1. The van der Waals surface area contributed by atoms with Gasteiger partial charge in [0.25, 0.3) is 5.91 Å². The monoisotopic (exact) mass is 326 g/mol. The molecule has 4 rings (SSSR count). The van der Waals surface area contributed by atoms with Crippen molar-refractivity contribution in [3.8, 4) is 0 Å². The summed E-state index contributed by atoms with van der Waals surface area (Å²) in [4.78, 5) is 25.1. The van der Waals surface area contributed by atoms with Gasteiger partial charge in [-0.15, -0.1) is 0 Å². The number of aryl methyl sites for hydroxylation is 1. The first-order valence-electron chi connectivity index (χ1n) is 8.52. The lowest BCUT2D eigenvalue weighted by atomic mass is 9.88. The topological polar surface area (TPSA) is 62.5 Å². The standard InChI is InChI=1S/C18H22N4O2/c1-13-2-3-16(24-13)12-21-9-14-4-7-22(11-15(14)10-21)18(23)17-8-19-5-6-20-17/h2-3,5-6,8,14-15H,4,7,9-12H2,1H3/t14-,15-/m0/s1. The van der Waals surface area contributed by atoms with Gasteiger partial charge < -0.3 is 9.32 Å². The maximum atomic E-state index is 12.6. The van der Waals surface area contributed by atoms with E-state index in [0.29, 0.717) is 17.5 Å². The lowest BCUT2D eigenvalue weighted by Crippen LogP contribution is -2.43. The zero-order valence-electron chi connectivity index (χ0n) is 13.9. The first-order valence-corrected chi connectivity index (χ1v) is 8.52. The Kier molecular flexibility index (Phi) is 4.06. The second kappa shape index (κ2) is 6.36. The van der Waals surface area contributed by atoms with E-state index in [1.165, 1.54) is 0 Å². The molecule has 4 heterocycles. The molecule has 2 aliphatic heterocycles. The van der Waals surface area contributed by atoms with Crippen molar-refractivity contribution in [1.82, 2.24) is 19.8 Å². The van der Waals surface area contributed by atoms with E-state index < -0.39 is 0 Å². The summed E-state index contributed by atoms with van der Waals surface area (Å²) in [7, 11) is 0. The molecule has 0 bridgehead atoms. The number of hydrogen-bond acceptors (Lipinski definition) is 5. The zero-order chi connectivity index (χ0) is 16.5. The average molecular weight is 326 g/mol. The Morgan fingerprint density at radius 2 is 2.12 bits per heavy atom. The summed E-state index contributed by atoms with van der Waals surface area (Å²) in [6.45, 7) is 6.58. The van der Waals surface area contributed by atoms with Gasteiger partial charge in [-0.2, -0.15) is 0 Å². The van der Waals surface area contributed by atoms with Crippen LogP contribution in [0.1, 0.15) is 28.4 Å². The Balaban J connectivity index is 1.38. The number of nitrogens with zero attached hydrogens (tertiary/aromatic N) is 4. The van der Waals surface area contributed by atoms with Crippen LogP contribution in [0, 0.1) is 18.8 Å². The molecule has 2 aliphatic rings. The van der Waals surface area contributed by atoms with Crippen LogP contribution in [0.5, 0.6) is 0 Å². The zero-order valence-corrected chi connectivity index (χ0v) is 13.9. The van der Waals surface area contributed by atoms with Gasteiger partial charge in [0.2, 0.25) is 0 Å². The van der Waals surface area contributed by atoms with Crippen LogP contribution in [0.15, 0.2) is 35.1 Å². The minimum atomic E-state index is 0.00154. The van der Waals surface area contributed by atoms with Gasteiger partial charge in [-0.3, -0.25) is 14.7 Å². The summed E-state index contributed by atoms with van der Waals surface area (Å²) >= 11 is 0. The van der Waals surface area contributed by atoms with Crippen molar-refractivity contribution in [2.45, 2.75) is 19.9 Å². The summed E-state index contributed by atoms with van der Waals surface area (Å²) < 4.78 is 5.69. The van der Waals surface area contributed by atoms with Gasteiger partial charge in [-0.25, -0.2) is 4.98 Å². The molecule has 0 saturated carbocycles. The van der Waals surface area contributed by atoms with Crippen LogP contribution >= 0.6 is 0 Å². The molecule has 126 valence electrons. The van der Waals surface area contributed by atoms with E-state index >= 15 is 0 Å². The fourth-order valence-electron chi connectivity index (χ4n) is 3.94. The van der Waals surface area contributed by atoms with Crippen molar-refractivity contribution in [1.29, 1.82) is 0 Å². The Labute approximate surface area is 141 Å². The van der Waals surface area contributed by atoms with E-state index in [0.717, 1.165) is 50.7 Å². The number of hydrogen-bond donors (Lipinski definition) is 0. The number of carbonyl (C=O) groups excluding carboxylic acids is 1. The molecule has 0 radical (unpaired) electrons. The Bertz CT molecular complexity index is 715. The highest BCUT2D eigenvalue weighted by molar-refractivity contribution is 5.92. The summed E-state index contributed by atoms with van der Waals surface area (Å²) in [5.41, 5.74) is 0.442. The number of amides is 1. The molecule has 0 aliphatic carbocycles. The molecule has 6 heteroatoms. The van der Waals surface area contributed by atoms with Crippen molar-refractivity contribution in [3.63, 3.8) is 0 Å². The van der Waals surface area contributed by atoms with Gasteiger partial charge >= 0.3 is 0 Å². The molecule has 2 saturated heterocycles. The van der Waals surface area contributed by atoms with E-state index in [-0.39, 0.29) is 5.91 Å². The largest absolute Gasteiger partial charge is 0.465 e. The molecule has 24 heavy (non-hydrogen) atoms. The smallest absolute Gasteiger partial charge is 0.274 e. The van der Waals surface area contributed by atoms with Gasteiger partial charge in [-0.05, 0) is 37.3 Å². The molecule has 0 N–H and O–H groups in total. The van der Waals surface area contributed by atoms with Gasteiger partial charge in [0, 0.05) is 38.6 Å². The van der Waals surface area contributed by atoms with Crippen LogP contribution in [0.3, 0.4) is 0 Å². The number of aromatic nitrogens is 2. The van der Waals surface area contributed by atoms with Crippen molar-refractivity contribution in [2.75, 3.05) is 26.2 Å². The first-order chi connectivity index (χ1) is 11.7. The first kappa shape index (κ1) is 15.3. The van der Waals surface area contributed by atoms with E-state index in [4.69, 9.17) is 4.42 Å². The van der Waals surface area contributed by atoms with Crippen LogP contribution in [0.25, 0.3) is 0 Å². The van der Waals surface area contributed by atoms with E-state index in [9.17, 15) is 4.79 Å². The van der Waals surface area contributed by atoms with Crippen LogP contribution in [-0.2, 0) is 6.54 Å². The van der Waals surface area contributed by atoms with Crippen molar-refractivity contribution in [2.24, 2.45) is 11.8 Å². The highest BCUT2D eigenvalue weighted by atomic mass is 16.3. The fraction of sp³-hybridized carbons (Fsp3) is 0.500. The van der Waals surface area contributed by atoms with Gasteiger partial charge in [0.1, 0.15) is 17.2 Å². The van der Waals surface area contributed by atoms with E-state index in [2.05, 4.69) is 20.9 Å². The second-order valence-corrected chi connectivity index (χ2v) is 6.86. The minimum absolute atomic E-state index is 0.00154. The number of piperidine rings is 1. The van der Waals surface area contributed by atoms with Gasteiger partial charge in [0.05, 0.1) is 12.7 Å². The number of rotatable bonds is 3. The average Bonchev–Trinajstić information content (AvgIpc) is 3.19. The summed E-state index contributed by atoms with van der Waals surface area (Å²) in [6.07, 6.45) is 5.77. The van der Waals surface area contributed by atoms with E-state index in [1.807, 2.05) is 17.9 Å².